The standard InChI is InChI=1S/C12H18N6O6/c13-4(1-19)7(22)10-16-11(8(23)5(14)2-20)18-12(17-10)9(24)6(15)3-21/h4-6,19-21H,1-3,13-15H2/t4-,5-,6-/m0/s1. The predicted molar refractivity (Wildman–Crippen MR) is 78.0 cm³/mol. The highest BCUT2D eigenvalue weighted by Gasteiger charge is 2.27. The Bertz CT molecular complexity index is 540. The van der Waals surface area contributed by atoms with Crippen LogP contribution >= 0.6 is 0 Å². The van der Waals surface area contributed by atoms with Crippen molar-refractivity contribution in [3.63, 3.8) is 0 Å². The molecule has 9 N–H and O–H groups in total. The summed E-state index contributed by atoms with van der Waals surface area (Å²) >= 11 is 0. The van der Waals surface area contributed by atoms with Gasteiger partial charge in [0.1, 0.15) is 0 Å². The van der Waals surface area contributed by atoms with Crippen LogP contribution in [0, 0.1) is 0 Å². The molecule has 12 nitrogen and oxygen atoms in total. The minimum absolute atomic E-state index is 0.645. The van der Waals surface area contributed by atoms with Crippen molar-refractivity contribution in [1.29, 1.82) is 0 Å². The van der Waals surface area contributed by atoms with E-state index in [0.29, 0.717) is 0 Å². The number of carbonyl (C=O) groups excluding carboxylic acids is 3. The SMILES string of the molecule is N[C@@H](CO)C(=O)c1nc(C(=O)[C@@H](N)CO)nc(C(=O)[C@@H](N)CO)n1. The highest BCUT2D eigenvalue weighted by molar-refractivity contribution is 6.03. The number of Topliss-reactive ketones (excluding diaryl/α,β-unsaturated/α-hetero) is 3. The minimum atomic E-state index is -1.38. The average Bonchev–Trinajstić information content (AvgIpc) is 2.63. The van der Waals surface area contributed by atoms with Crippen LogP contribution in [0.1, 0.15) is 31.9 Å². The molecule has 1 aromatic rings. The van der Waals surface area contributed by atoms with E-state index in [0.717, 1.165) is 0 Å². The molecule has 0 saturated heterocycles. The van der Waals surface area contributed by atoms with Gasteiger partial charge in [0.2, 0.25) is 34.8 Å². The summed E-state index contributed by atoms with van der Waals surface area (Å²) < 4.78 is 0. The van der Waals surface area contributed by atoms with Gasteiger partial charge in [0, 0.05) is 0 Å². The molecule has 1 heterocycles. The maximum Gasteiger partial charge on any atom is 0.219 e. The van der Waals surface area contributed by atoms with Crippen LogP contribution in [0.25, 0.3) is 0 Å². The highest BCUT2D eigenvalue weighted by atomic mass is 16.3. The summed E-state index contributed by atoms with van der Waals surface area (Å²) in [6, 6.07) is -4.14. The van der Waals surface area contributed by atoms with E-state index in [1.165, 1.54) is 0 Å². The van der Waals surface area contributed by atoms with Crippen molar-refractivity contribution in [3.05, 3.63) is 17.5 Å². The second-order valence-corrected chi connectivity index (χ2v) is 4.77. The Morgan fingerprint density at radius 1 is 0.667 bits per heavy atom. The second kappa shape index (κ2) is 8.58. The largest absolute Gasteiger partial charge is 0.394 e. The smallest absolute Gasteiger partial charge is 0.219 e. The first kappa shape index (κ1) is 19.8. The van der Waals surface area contributed by atoms with E-state index in [-0.39, 0.29) is 0 Å². The Morgan fingerprint density at radius 3 is 1.04 bits per heavy atom. The number of aliphatic hydroxyl groups is 3. The topological polar surface area (TPSA) is 229 Å². The molecule has 0 aliphatic carbocycles. The van der Waals surface area contributed by atoms with Gasteiger partial charge in [-0.15, -0.1) is 0 Å². The second-order valence-electron chi connectivity index (χ2n) is 4.77. The number of nitrogens with zero attached hydrogens (tertiary/aromatic N) is 3. The van der Waals surface area contributed by atoms with E-state index in [9.17, 15) is 14.4 Å². The molecule has 3 atom stereocenters. The van der Waals surface area contributed by atoms with Gasteiger partial charge < -0.3 is 32.5 Å². The van der Waals surface area contributed by atoms with Crippen LogP contribution < -0.4 is 17.2 Å². The zero-order valence-electron chi connectivity index (χ0n) is 12.5. The van der Waals surface area contributed by atoms with Gasteiger partial charge in [-0.1, -0.05) is 0 Å². The molecule has 0 spiro atoms. The molecule has 0 saturated carbocycles. The van der Waals surface area contributed by atoms with E-state index in [1.54, 1.807) is 0 Å². The molecular formula is C12H18N6O6. The van der Waals surface area contributed by atoms with Crippen LogP contribution in [0.2, 0.25) is 0 Å². The van der Waals surface area contributed by atoms with Gasteiger partial charge in [0.05, 0.1) is 37.9 Å². The highest BCUT2D eigenvalue weighted by Crippen LogP contribution is 2.05. The molecule has 24 heavy (non-hydrogen) atoms. The molecule has 0 fully saturated rings. The summed E-state index contributed by atoms with van der Waals surface area (Å²) in [5.74, 6) is -4.77. The van der Waals surface area contributed by atoms with Crippen molar-refractivity contribution < 1.29 is 29.7 Å². The van der Waals surface area contributed by atoms with E-state index < -0.39 is 72.8 Å². The molecule has 1 aromatic heterocycles. The number of ketones is 3. The Hall–Kier alpha value is -2.22. The monoisotopic (exact) mass is 342 g/mol. The number of hydrogen-bond acceptors (Lipinski definition) is 12. The van der Waals surface area contributed by atoms with Crippen LogP contribution in [0.5, 0.6) is 0 Å². The van der Waals surface area contributed by atoms with Crippen LogP contribution in [0.4, 0.5) is 0 Å². The van der Waals surface area contributed by atoms with Gasteiger partial charge in [0.15, 0.2) is 0 Å². The number of nitrogens with two attached hydrogens (primary N) is 3. The van der Waals surface area contributed by atoms with Gasteiger partial charge in [-0.2, -0.15) is 0 Å². The van der Waals surface area contributed by atoms with Crippen molar-refractivity contribution in [1.82, 2.24) is 15.0 Å². The fourth-order valence-electron chi connectivity index (χ4n) is 1.45. The number of aliphatic hydroxyl groups excluding tert-OH is 3. The summed E-state index contributed by atoms with van der Waals surface area (Å²) in [4.78, 5) is 46.7. The molecule has 0 amide bonds. The van der Waals surface area contributed by atoms with Crippen molar-refractivity contribution in [2.75, 3.05) is 19.8 Å². The Morgan fingerprint density at radius 2 is 0.875 bits per heavy atom. The molecule has 1 rings (SSSR count). The lowest BCUT2D eigenvalue weighted by Gasteiger charge is -2.11. The lowest BCUT2D eigenvalue weighted by molar-refractivity contribution is 0.0901. The fourth-order valence-corrected chi connectivity index (χ4v) is 1.45. The molecule has 0 unspecified atom stereocenters. The summed E-state index contributed by atoms with van der Waals surface area (Å²) in [5.41, 5.74) is 16.1. The Labute approximate surface area is 135 Å². The quantitative estimate of drug-likeness (QED) is 0.233. The molecule has 0 bridgehead atoms. The first-order valence-electron chi connectivity index (χ1n) is 6.74. The third-order valence-electron chi connectivity index (χ3n) is 2.90. The molecule has 132 valence electrons. The maximum absolute atomic E-state index is 12.0. The van der Waals surface area contributed by atoms with E-state index in [2.05, 4.69) is 15.0 Å². The van der Waals surface area contributed by atoms with Crippen molar-refractivity contribution in [3.8, 4) is 0 Å². The van der Waals surface area contributed by atoms with E-state index >= 15 is 0 Å². The minimum Gasteiger partial charge on any atom is -0.394 e. The van der Waals surface area contributed by atoms with Gasteiger partial charge in [0.25, 0.3) is 0 Å². The Kier molecular flexibility index (Phi) is 7.09. The van der Waals surface area contributed by atoms with Gasteiger partial charge in [-0.25, -0.2) is 15.0 Å². The zero-order chi connectivity index (χ0) is 18.4. The lowest BCUT2D eigenvalue weighted by atomic mass is 10.1. The Balaban J connectivity index is 3.42. The van der Waals surface area contributed by atoms with Crippen LogP contribution in [-0.2, 0) is 0 Å². The number of aromatic nitrogens is 3. The summed E-state index contributed by atoms with van der Waals surface area (Å²) in [7, 11) is 0. The molecule has 0 aromatic carbocycles. The third-order valence-corrected chi connectivity index (χ3v) is 2.90. The summed E-state index contributed by atoms with van der Waals surface area (Å²) in [6.07, 6.45) is 0. The average molecular weight is 342 g/mol. The molecule has 0 aliphatic heterocycles. The van der Waals surface area contributed by atoms with Crippen molar-refractivity contribution in [2.45, 2.75) is 18.1 Å². The van der Waals surface area contributed by atoms with Gasteiger partial charge in [-0.05, 0) is 0 Å². The third kappa shape index (κ3) is 4.41. The summed E-state index contributed by atoms with van der Waals surface area (Å²) in [6.45, 7) is -2.16. The van der Waals surface area contributed by atoms with E-state index in [4.69, 9.17) is 32.5 Å². The van der Waals surface area contributed by atoms with E-state index in [1.807, 2.05) is 0 Å². The van der Waals surface area contributed by atoms with Crippen LogP contribution in [0.15, 0.2) is 0 Å². The predicted octanol–water partition coefficient (Wildman–Crippen LogP) is -4.62. The van der Waals surface area contributed by atoms with Crippen LogP contribution in [-0.4, -0.2) is 85.6 Å². The summed E-state index contributed by atoms with van der Waals surface area (Å²) in [5, 5.41) is 26.8. The van der Waals surface area contributed by atoms with Gasteiger partial charge in [-0.3, -0.25) is 14.4 Å². The normalized spacial score (nSPS) is 14.8. The first-order chi connectivity index (χ1) is 11.3. The van der Waals surface area contributed by atoms with Crippen LogP contribution in [0.3, 0.4) is 0 Å². The lowest BCUT2D eigenvalue weighted by Crippen LogP contribution is -2.40. The van der Waals surface area contributed by atoms with Crippen molar-refractivity contribution >= 4 is 17.3 Å². The van der Waals surface area contributed by atoms with Gasteiger partial charge >= 0.3 is 0 Å². The maximum atomic E-state index is 12.0. The number of hydrogen-bond donors (Lipinski definition) is 6. The molecule has 0 radical (unpaired) electrons. The number of rotatable bonds is 9. The molecule has 0 aliphatic rings. The fraction of sp³-hybridized carbons (Fsp3) is 0.500. The zero-order valence-corrected chi connectivity index (χ0v) is 12.5. The van der Waals surface area contributed by atoms with Crippen molar-refractivity contribution in [2.24, 2.45) is 17.2 Å². The molecular weight excluding hydrogens is 324 g/mol. The number of carbonyl (C=O) groups is 3. The first-order valence-corrected chi connectivity index (χ1v) is 6.74. The molecule has 12 heteroatoms.